The van der Waals surface area contributed by atoms with E-state index in [1.54, 1.807) is 6.07 Å². The highest BCUT2D eigenvalue weighted by Gasteiger charge is 2.33. The van der Waals surface area contributed by atoms with Crippen molar-refractivity contribution in [3.63, 3.8) is 0 Å². The summed E-state index contributed by atoms with van der Waals surface area (Å²) in [6.07, 6.45) is 4.20. The maximum absolute atomic E-state index is 13.4. The second-order valence-electron chi connectivity index (χ2n) is 6.48. The minimum absolute atomic E-state index is 0.00771. The molecule has 5 heteroatoms. The van der Waals surface area contributed by atoms with E-state index in [1.807, 2.05) is 0 Å². The third-order valence-electron chi connectivity index (χ3n) is 4.71. The summed E-state index contributed by atoms with van der Waals surface area (Å²) in [6.45, 7) is 1.91. The van der Waals surface area contributed by atoms with Crippen LogP contribution in [0.2, 0.25) is 0 Å². The van der Waals surface area contributed by atoms with E-state index < -0.39 is 17.6 Å². The van der Waals surface area contributed by atoms with Crippen LogP contribution in [0.4, 0.5) is 8.78 Å². The summed E-state index contributed by atoms with van der Waals surface area (Å²) in [5, 5.41) is 8.83. The Morgan fingerprint density at radius 1 is 1.27 bits per heavy atom. The lowest BCUT2D eigenvalue weighted by Gasteiger charge is -2.41. The minimum atomic E-state index is -0.827. The zero-order valence-electron chi connectivity index (χ0n) is 12.9. The molecular formula is C17H23F2NO2. The van der Waals surface area contributed by atoms with Gasteiger partial charge in [0.05, 0.1) is 0 Å². The lowest BCUT2D eigenvalue weighted by atomic mass is 9.70. The number of hydrogen-bond donors (Lipinski definition) is 1. The Balaban J connectivity index is 2.09. The standard InChI is InChI=1S/C17H23F2NO2/c1-20-9-7-17(8-10-20,6-2-3-16(21)22)12-13-4-5-14(18)15(19)11-13/h4-5,11H,2-3,6-10,12H2,1H3,(H,21,22). The van der Waals surface area contributed by atoms with Gasteiger partial charge >= 0.3 is 5.97 Å². The maximum Gasteiger partial charge on any atom is 0.303 e. The van der Waals surface area contributed by atoms with Crippen LogP contribution in [0.25, 0.3) is 0 Å². The molecule has 0 spiro atoms. The SMILES string of the molecule is CN1CCC(CCCC(=O)O)(Cc2ccc(F)c(F)c2)CC1. The van der Waals surface area contributed by atoms with E-state index in [4.69, 9.17) is 5.11 Å². The van der Waals surface area contributed by atoms with Gasteiger partial charge in [-0.1, -0.05) is 6.07 Å². The van der Waals surface area contributed by atoms with Crippen molar-refractivity contribution in [2.45, 2.75) is 38.5 Å². The van der Waals surface area contributed by atoms with Crippen LogP contribution in [-0.4, -0.2) is 36.1 Å². The molecular weight excluding hydrogens is 288 g/mol. The van der Waals surface area contributed by atoms with Gasteiger partial charge in [-0.05, 0) is 75.4 Å². The molecule has 1 aliphatic heterocycles. The van der Waals surface area contributed by atoms with Crippen LogP contribution in [0.5, 0.6) is 0 Å². The summed E-state index contributed by atoms with van der Waals surface area (Å²) in [5.41, 5.74) is 0.783. The van der Waals surface area contributed by atoms with Crippen molar-refractivity contribution < 1.29 is 18.7 Å². The number of benzene rings is 1. The van der Waals surface area contributed by atoms with Gasteiger partial charge in [-0.3, -0.25) is 4.79 Å². The molecule has 1 N–H and O–H groups in total. The van der Waals surface area contributed by atoms with E-state index in [0.29, 0.717) is 12.8 Å². The molecule has 0 aliphatic carbocycles. The fourth-order valence-electron chi connectivity index (χ4n) is 3.31. The normalized spacial score (nSPS) is 18.3. The van der Waals surface area contributed by atoms with Crippen LogP contribution >= 0.6 is 0 Å². The highest BCUT2D eigenvalue weighted by molar-refractivity contribution is 5.66. The number of hydrogen-bond acceptors (Lipinski definition) is 2. The van der Waals surface area contributed by atoms with Gasteiger partial charge in [0.25, 0.3) is 0 Å². The molecule has 2 rings (SSSR count). The van der Waals surface area contributed by atoms with Gasteiger partial charge in [0, 0.05) is 6.42 Å². The van der Waals surface area contributed by atoms with Gasteiger partial charge in [0.1, 0.15) is 0 Å². The van der Waals surface area contributed by atoms with Crippen LogP contribution in [0.1, 0.15) is 37.7 Å². The lowest BCUT2D eigenvalue weighted by Crippen LogP contribution is -2.39. The Morgan fingerprint density at radius 3 is 2.55 bits per heavy atom. The highest BCUT2D eigenvalue weighted by atomic mass is 19.2. The Morgan fingerprint density at radius 2 is 1.95 bits per heavy atom. The van der Waals surface area contributed by atoms with Crippen molar-refractivity contribution in [1.82, 2.24) is 4.90 Å². The van der Waals surface area contributed by atoms with Crippen LogP contribution in [0, 0.1) is 17.0 Å². The summed E-state index contributed by atoms with van der Waals surface area (Å²) >= 11 is 0. The first-order chi connectivity index (χ1) is 10.4. The molecule has 0 unspecified atom stereocenters. The number of carboxylic acids is 1. The average Bonchev–Trinajstić information content (AvgIpc) is 2.46. The summed E-state index contributed by atoms with van der Waals surface area (Å²) in [7, 11) is 2.07. The number of aliphatic carboxylic acids is 1. The number of rotatable bonds is 6. The first kappa shape index (κ1) is 16.9. The van der Waals surface area contributed by atoms with Gasteiger partial charge in [-0.25, -0.2) is 8.78 Å². The second-order valence-corrected chi connectivity index (χ2v) is 6.48. The first-order valence-electron chi connectivity index (χ1n) is 7.74. The Hall–Kier alpha value is -1.49. The van der Waals surface area contributed by atoms with E-state index in [1.165, 1.54) is 12.1 Å². The molecule has 1 aromatic carbocycles. The number of nitrogens with zero attached hydrogens (tertiary/aromatic N) is 1. The smallest absolute Gasteiger partial charge is 0.303 e. The predicted octanol–water partition coefficient (Wildman–Crippen LogP) is 3.47. The summed E-state index contributed by atoms with van der Waals surface area (Å²) in [6, 6.07) is 4.08. The molecule has 0 saturated carbocycles. The molecule has 22 heavy (non-hydrogen) atoms. The molecule has 0 bridgehead atoms. The van der Waals surface area contributed by atoms with Crippen LogP contribution in [0.15, 0.2) is 18.2 Å². The molecule has 0 atom stereocenters. The van der Waals surface area contributed by atoms with Gasteiger partial charge in [0.15, 0.2) is 11.6 Å². The van der Waals surface area contributed by atoms with Gasteiger partial charge < -0.3 is 10.0 Å². The Bertz CT molecular complexity index is 525. The van der Waals surface area contributed by atoms with Crippen molar-refractivity contribution in [3.05, 3.63) is 35.4 Å². The molecule has 122 valence electrons. The van der Waals surface area contributed by atoms with Crippen molar-refractivity contribution in [1.29, 1.82) is 0 Å². The number of likely N-dealkylation sites (tertiary alicyclic amines) is 1. The predicted molar refractivity (Wildman–Crippen MR) is 80.7 cm³/mol. The summed E-state index contributed by atoms with van der Waals surface area (Å²) < 4.78 is 26.5. The molecule has 0 amide bonds. The van der Waals surface area contributed by atoms with E-state index in [0.717, 1.165) is 37.9 Å². The van der Waals surface area contributed by atoms with Crippen molar-refractivity contribution in [2.75, 3.05) is 20.1 Å². The molecule has 1 fully saturated rings. The zero-order valence-corrected chi connectivity index (χ0v) is 12.9. The highest BCUT2D eigenvalue weighted by Crippen LogP contribution is 2.39. The number of piperidine rings is 1. The number of carboxylic acid groups (broad SMARTS) is 1. The largest absolute Gasteiger partial charge is 0.481 e. The minimum Gasteiger partial charge on any atom is -0.481 e. The molecule has 1 aliphatic rings. The molecule has 1 heterocycles. The molecule has 0 aromatic heterocycles. The fourth-order valence-corrected chi connectivity index (χ4v) is 3.31. The first-order valence-corrected chi connectivity index (χ1v) is 7.74. The quantitative estimate of drug-likeness (QED) is 0.874. The number of halogens is 2. The van der Waals surface area contributed by atoms with E-state index in [-0.39, 0.29) is 11.8 Å². The summed E-state index contributed by atoms with van der Waals surface area (Å²) in [5.74, 6) is -2.42. The monoisotopic (exact) mass is 311 g/mol. The summed E-state index contributed by atoms with van der Waals surface area (Å²) in [4.78, 5) is 13.0. The molecule has 1 saturated heterocycles. The van der Waals surface area contributed by atoms with Gasteiger partial charge in [-0.15, -0.1) is 0 Å². The lowest BCUT2D eigenvalue weighted by molar-refractivity contribution is -0.137. The Kier molecular flexibility index (Phi) is 5.51. The topological polar surface area (TPSA) is 40.5 Å². The number of carbonyl (C=O) groups is 1. The molecule has 1 aromatic rings. The van der Waals surface area contributed by atoms with Crippen molar-refractivity contribution >= 4 is 5.97 Å². The van der Waals surface area contributed by atoms with Crippen molar-refractivity contribution in [2.24, 2.45) is 5.41 Å². The van der Waals surface area contributed by atoms with Crippen LogP contribution in [-0.2, 0) is 11.2 Å². The van der Waals surface area contributed by atoms with E-state index in [2.05, 4.69) is 11.9 Å². The zero-order chi connectivity index (χ0) is 16.2. The van der Waals surface area contributed by atoms with Crippen LogP contribution < -0.4 is 0 Å². The molecule has 3 nitrogen and oxygen atoms in total. The van der Waals surface area contributed by atoms with Gasteiger partial charge in [0.2, 0.25) is 0 Å². The Labute approximate surface area is 129 Å². The van der Waals surface area contributed by atoms with E-state index in [9.17, 15) is 13.6 Å². The second kappa shape index (κ2) is 7.18. The third-order valence-corrected chi connectivity index (χ3v) is 4.71. The van der Waals surface area contributed by atoms with Gasteiger partial charge in [-0.2, -0.15) is 0 Å². The average molecular weight is 311 g/mol. The third kappa shape index (κ3) is 4.50. The van der Waals surface area contributed by atoms with Crippen LogP contribution in [0.3, 0.4) is 0 Å². The fraction of sp³-hybridized carbons (Fsp3) is 0.588. The molecule has 0 radical (unpaired) electrons. The van der Waals surface area contributed by atoms with E-state index >= 15 is 0 Å². The maximum atomic E-state index is 13.4. The van der Waals surface area contributed by atoms with Crippen molar-refractivity contribution in [3.8, 4) is 0 Å².